The molecule has 0 unspecified atom stereocenters. The van der Waals surface area contributed by atoms with Crippen LogP contribution in [0.15, 0.2) is 36.7 Å². The van der Waals surface area contributed by atoms with E-state index in [1.165, 1.54) is 12.4 Å². The van der Waals surface area contributed by atoms with Crippen LogP contribution in [0.1, 0.15) is 29.9 Å². The molecular formula is C16H17N5O. The number of aromatic nitrogens is 2. The molecule has 0 saturated carbocycles. The number of carbonyl (C=O) groups excluding carboxylic acids is 1. The Morgan fingerprint density at radius 1 is 1.18 bits per heavy atom. The maximum Gasteiger partial charge on any atom is 0.274 e. The van der Waals surface area contributed by atoms with Crippen molar-refractivity contribution >= 4 is 17.4 Å². The zero-order valence-electron chi connectivity index (χ0n) is 12.6. The first kappa shape index (κ1) is 15.4. The Balaban J connectivity index is 2.08. The van der Waals surface area contributed by atoms with Crippen LogP contribution in [-0.2, 0) is 0 Å². The van der Waals surface area contributed by atoms with Crippen molar-refractivity contribution in [2.75, 3.05) is 18.4 Å². The summed E-state index contributed by atoms with van der Waals surface area (Å²) in [5.74, 6) is 0.420. The monoisotopic (exact) mass is 295 g/mol. The summed E-state index contributed by atoms with van der Waals surface area (Å²) in [6.07, 6.45) is 2.99. The van der Waals surface area contributed by atoms with E-state index in [1.54, 1.807) is 29.2 Å². The molecule has 0 aliphatic heterocycles. The van der Waals surface area contributed by atoms with Gasteiger partial charge in [-0.2, -0.15) is 5.26 Å². The van der Waals surface area contributed by atoms with Crippen molar-refractivity contribution < 1.29 is 4.79 Å². The van der Waals surface area contributed by atoms with Gasteiger partial charge in [0.05, 0.1) is 24.0 Å². The smallest absolute Gasteiger partial charge is 0.274 e. The molecule has 1 amide bonds. The van der Waals surface area contributed by atoms with Crippen molar-refractivity contribution in [2.45, 2.75) is 13.8 Å². The molecule has 0 bridgehead atoms. The number of hydrogen-bond acceptors (Lipinski definition) is 5. The lowest BCUT2D eigenvalue weighted by Gasteiger charge is -2.17. The summed E-state index contributed by atoms with van der Waals surface area (Å²) in [6.45, 7) is 5.13. The zero-order chi connectivity index (χ0) is 15.9. The van der Waals surface area contributed by atoms with E-state index in [0.717, 1.165) is 5.69 Å². The van der Waals surface area contributed by atoms with Gasteiger partial charge in [0.1, 0.15) is 11.5 Å². The Bertz CT molecular complexity index is 669. The second kappa shape index (κ2) is 7.18. The van der Waals surface area contributed by atoms with Gasteiger partial charge in [0.2, 0.25) is 0 Å². The van der Waals surface area contributed by atoms with Gasteiger partial charge in [0, 0.05) is 18.8 Å². The molecule has 112 valence electrons. The van der Waals surface area contributed by atoms with E-state index in [4.69, 9.17) is 5.26 Å². The van der Waals surface area contributed by atoms with Crippen LogP contribution in [0, 0.1) is 11.3 Å². The van der Waals surface area contributed by atoms with Crippen molar-refractivity contribution in [3.05, 3.63) is 47.9 Å². The van der Waals surface area contributed by atoms with E-state index >= 15 is 0 Å². The maximum absolute atomic E-state index is 12.1. The summed E-state index contributed by atoms with van der Waals surface area (Å²) < 4.78 is 0. The average molecular weight is 295 g/mol. The summed E-state index contributed by atoms with van der Waals surface area (Å²) in [5.41, 5.74) is 1.72. The van der Waals surface area contributed by atoms with Crippen molar-refractivity contribution in [3.8, 4) is 6.07 Å². The molecule has 0 spiro atoms. The number of rotatable bonds is 5. The Labute approximate surface area is 129 Å². The third-order valence-electron chi connectivity index (χ3n) is 3.21. The van der Waals surface area contributed by atoms with Crippen molar-refractivity contribution in [3.63, 3.8) is 0 Å². The normalized spacial score (nSPS) is 9.86. The van der Waals surface area contributed by atoms with Gasteiger partial charge in [0.15, 0.2) is 0 Å². The fourth-order valence-electron chi connectivity index (χ4n) is 1.95. The minimum Gasteiger partial charge on any atom is -0.339 e. The first-order valence-corrected chi connectivity index (χ1v) is 7.06. The highest BCUT2D eigenvalue weighted by atomic mass is 16.2. The van der Waals surface area contributed by atoms with Crippen LogP contribution < -0.4 is 5.32 Å². The van der Waals surface area contributed by atoms with Crippen molar-refractivity contribution in [1.29, 1.82) is 5.26 Å². The first-order chi connectivity index (χ1) is 10.7. The highest BCUT2D eigenvalue weighted by Gasteiger charge is 2.14. The summed E-state index contributed by atoms with van der Waals surface area (Å²) in [5, 5.41) is 11.8. The molecule has 1 aromatic heterocycles. The molecule has 0 aliphatic carbocycles. The Kier molecular flexibility index (Phi) is 5.04. The summed E-state index contributed by atoms with van der Waals surface area (Å²) in [7, 11) is 0. The lowest BCUT2D eigenvalue weighted by molar-refractivity contribution is 0.0766. The summed E-state index contributed by atoms with van der Waals surface area (Å²) in [6, 6.07) is 9.07. The number of amides is 1. The van der Waals surface area contributed by atoms with E-state index < -0.39 is 0 Å². The van der Waals surface area contributed by atoms with E-state index in [9.17, 15) is 4.79 Å². The summed E-state index contributed by atoms with van der Waals surface area (Å²) in [4.78, 5) is 22.2. The number of anilines is 2. The molecule has 0 fully saturated rings. The van der Waals surface area contributed by atoms with Crippen molar-refractivity contribution in [2.24, 2.45) is 0 Å². The van der Waals surface area contributed by atoms with Gasteiger partial charge in [-0.3, -0.25) is 4.79 Å². The van der Waals surface area contributed by atoms with Gasteiger partial charge in [-0.1, -0.05) is 0 Å². The summed E-state index contributed by atoms with van der Waals surface area (Å²) >= 11 is 0. The van der Waals surface area contributed by atoms with Crippen molar-refractivity contribution in [1.82, 2.24) is 14.9 Å². The molecule has 6 nitrogen and oxygen atoms in total. The largest absolute Gasteiger partial charge is 0.339 e. The van der Waals surface area contributed by atoms with Crippen LogP contribution in [0.25, 0.3) is 0 Å². The van der Waals surface area contributed by atoms with E-state index in [0.29, 0.717) is 30.2 Å². The molecule has 0 saturated heterocycles. The van der Waals surface area contributed by atoms with Crippen LogP contribution in [0.3, 0.4) is 0 Å². The predicted molar refractivity (Wildman–Crippen MR) is 83.7 cm³/mol. The molecule has 22 heavy (non-hydrogen) atoms. The number of carbonyl (C=O) groups is 1. The van der Waals surface area contributed by atoms with Gasteiger partial charge in [-0.25, -0.2) is 9.97 Å². The topological polar surface area (TPSA) is 81.9 Å². The highest BCUT2D eigenvalue weighted by Crippen LogP contribution is 2.14. The minimum absolute atomic E-state index is 0.123. The zero-order valence-corrected chi connectivity index (χ0v) is 12.6. The maximum atomic E-state index is 12.1. The quantitative estimate of drug-likeness (QED) is 0.916. The van der Waals surface area contributed by atoms with Gasteiger partial charge in [0.25, 0.3) is 5.91 Å². The molecule has 2 aromatic rings. The van der Waals surface area contributed by atoms with Crippen LogP contribution in [-0.4, -0.2) is 33.9 Å². The Hall–Kier alpha value is -2.94. The lowest BCUT2D eigenvalue weighted by Crippen LogP contribution is -2.31. The van der Waals surface area contributed by atoms with Gasteiger partial charge < -0.3 is 10.2 Å². The number of hydrogen-bond donors (Lipinski definition) is 1. The molecule has 1 heterocycles. The molecule has 6 heteroatoms. The fraction of sp³-hybridized carbons (Fsp3) is 0.250. The molecule has 0 atom stereocenters. The van der Waals surface area contributed by atoms with E-state index in [2.05, 4.69) is 21.4 Å². The van der Waals surface area contributed by atoms with Gasteiger partial charge >= 0.3 is 0 Å². The second-order valence-corrected chi connectivity index (χ2v) is 4.58. The molecule has 1 aromatic carbocycles. The first-order valence-electron chi connectivity index (χ1n) is 7.06. The number of nitrogens with zero attached hydrogens (tertiary/aromatic N) is 4. The second-order valence-electron chi connectivity index (χ2n) is 4.58. The SMILES string of the molecule is CCN(CC)C(=O)c1cnc(Nc2ccc(C#N)cc2)cn1. The number of nitriles is 1. The van der Waals surface area contributed by atoms with Crippen LogP contribution in [0.2, 0.25) is 0 Å². The lowest BCUT2D eigenvalue weighted by atomic mass is 10.2. The fourth-order valence-corrected chi connectivity index (χ4v) is 1.95. The number of nitrogens with one attached hydrogen (secondary N) is 1. The third kappa shape index (κ3) is 3.58. The van der Waals surface area contributed by atoms with Crippen LogP contribution >= 0.6 is 0 Å². The molecule has 0 radical (unpaired) electrons. The minimum atomic E-state index is -0.123. The van der Waals surface area contributed by atoms with Gasteiger partial charge in [-0.05, 0) is 38.1 Å². The van der Waals surface area contributed by atoms with Crippen LogP contribution in [0.5, 0.6) is 0 Å². The van der Waals surface area contributed by atoms with E-state index in [-0.39, 0.29) is 5.91 Å². The standard InChI is InChI=1S/C16H17N5O/c1-3-21(4-2)16(22)14-10-19-15(11-18-14)20-13-7-5-12(9-17)6-8-13/h5-8,10-11H,3-4H2,1-2H3,(H,19,20). The number of benzene rings is 1. The molecule has 1 N–H and O–H groups in total. The molecule has 0 aliphatic rings. The van der Waals surface area contributed by atoms with Crippen LogP contribution in [0.4, 0.5) is 11.5 Å². The predicted octanol–water partition coefficient (Wildman–Crippen LogP) is 2.57. The highest BCUT2D eigenvalue weighted by molar-refractivity contribution is 5.92. The Morgan fingerprint density at radius 3 is 2.36 bits per heavy atom. The average Bonchev–Trinajstić information content (AvgIpc) is 2.57. The van der Waals surface area contributed by atoms with E-state index in [1.807, 2.05) is 13.8 Å². The Morgan fingerprint density at radius 2 is 1.86 bits per heavy atom. The molecular weight excluding hydrogens is 278 g/mol. The van der Waals surface area contributed by atoms with Gasteiger partial charge in [-0.15, -0.1) is 0 Å². The molecule has 2 rings (SSSR count). The third-order valence-corrected chi connectivity index (χ3v) is 3.21.